The summed E-state index contributed by atoms with van der Waals surface area (Å²) in [5.74, 6) is -0.107. The molecule has 0 saturated carbocycles. The van der Waals surface area contributed by atoms with Gasteiger partial charge in [-0.25, -0.2) is 4.39 Å². The van der Waals surface area contributed by atoms with Gasteiger partial charge in [0.05, 0.1) is 0 Å². The minimum absolute atomic E-state index is 0.127. The molecule has 2 amide bonds. The fraction of sp³-hybridized carbons (Fsp3) is 0.259. The molecule has 4 nitrogen and oxygen atoms in total. The van der Waals surface area contributed by atoms with E-state index in [2.05, 4.69) is 5.32 Å². The minimum atomic E-state index is -0.680. The van der Waals surface area contributed by atoms with Crippen molar-refractivity contribution in [3.05, 3.63) is 101 Å². The molecule has 0 aromatic heterocycles. The SMILES string of the molecule is CCNC(=O)[C@H](Cc1ccccc1)N(Cc1ccc(F)cc1)C(=O)CCSc1ccc(Cl)cc1. The van der Waals surface area contributed by atoms with Crippen LogP contribution >= 0.6 is 23.4 Å². The number of amides is 2. The first-order chi connectivity index (χ1) is 16.5. The summed E-state index contributed by atoms with van der Waals surface area (Å²) in [4.78, 5) is 29.2. The molecule has 3 aromatic rings. The lowest BCUT2D eigenvalue weighted by Crippen LogP contribution is -2.50. The zero-order valence-corrected chi connectivity index (χ0v) is 20.6. The summed E-state index contributed by atoms with van der Waals surface area (Å²) in [7, 11) is 0. The van der Waals surface area contributed by atoms with Gasteiger partial charge in [-0.2, -0.15) is 0 Å². The third-order valence-corrected chi connectivity index (χ3v) is 6.55. The maximum absolute atomic E-state index is 13.5. The molecule has 0 aliphatic heterocycles. The topological polar surface area (TPSA) is 49.4 Å². The molecular weight excluding hydrogens is 471 g/mol. The van der Waals surface area contributed by atoms with Gasteiger partial charge in [0.1, 0.15) is 11.9 Å². The summed E-state index contributed by atoms with van der Waals surface area (Å²) in [6.07, 6.45) is 0.656. The van der Waals surface area contributed by atoms with Crippen LogP contribution in [0.2, 0.25) is 5.02 Å². The number of carbonyl (C=O) groups excluding carboxylic acids is 2. The van der Waals surface area contributed by atoms with E-state index >= 15 is 0 Å². The number of likely N-dealkylation sites (N-methyl/N-ethyl adjacent to an activating group) is 1. The average molecular weight is 499 g/mol. The number of rotatable bonds is 11. The highest BCUT2D eigenvalue weighted by Crippen LogP contribution is 2.22. The molecule has 3 rings (SSSR count). The van der Waals surface area contributed by atoms with Crippen LogP contribution in [-0.2, 0) is 22.6 Å². The lowest BCUT2D eigenvalue weighted by Gasteiger charge is -2.31. The Balaban J connectivity index is 1.81. The molecule has 0 fully saturated rings. The average Bonchev–Trinajstić information content (AvgIpc) is 2.84. The molecule has 0 heterocycles. The van der Waals surface area contributed by atoms with Crippen LogP contribution in [0.3, 0.4) is 0 Å². The molecule has 1 N–H and O–H groups in total. The number of hydrogen-bond donors (Lipinski definition) is 1. The number of nitrogens with zero attached hydrogens (tertiary/aromatic N) is 1. The Morgan fingerprint density at radius 1 is 0.971 bits per heavy atom. The molecule has 3 aromatic carbocycles. The van der Waals surface area contributed by atoms with Crippen LogP contribution < -0.4 is 5.32 Å². The van der Waals surface area contributed by atoms with Crippen molar-refractivity contribution < 1.29 is 14.0 Å². The van der Waals surface area contributed by atoms with Crippen LogP contribution in [-0.4, -0.2) is 35.1 Å². The van der Waals surface area contributed by atoms with Crippen LogP contribution in [0.25, 0.3) is 0 Å². The quantitative estimate of drug-likeness (QED) is 0.343. The van der Waals surface area contributed by atoms with E-state index in [-0.39, 0.29) is 30.6 Å². The van der Waals surface area contributed by atoms with Crippen molar-refractivity contribution in [1.29, 1.82) is 0 Å². The molecule has 0 unspecified atom stereocenters. The fourth-order valence-electron chi connectivity index (χ4n) is 3.56. The standard InChI is InChI=1S/C27H28ClFN2O2S/c1-2-30-27(33)25(18-20-6-4-3-5-7-20)31(19-21-8-12-23(29)13-9-21)26(32)16-17-34-24-14-10-22(28)11-15-24/h3-15,25H,2,16-19H2,1H3,(H,30,33)/t25-/m0/s1. The predicted octanol–water partition coefficient (Wildman–Crippen LogP) is 5.74. The second kappa shape index (κ2) is 13.2. The van der Waals surface area contributed by atoms with Crippen LogP contribution in [0.15, 0.2) is 83.8 Å². The first kappa shape index (κ1) is 25.8. The molecule has 178 valence electrons. The second-order valence-corrected chi connectivity index (χ2v) is 9.41. The predicted molar refractivity (Wildman–Crippen MR) is 136 cm³/mol. The van der Waals surface area contributed by atoms with Gasteiger partial charge >= 0.3 is 0 Å². The maximum Gasteiger partial charge on any atom is 0.243 e. The minimum Gasteiger partial charge on any atom is -0.355 e. The van der Waals surface area contributed by atoms with Crippen LogP contribution in [0.1, 0.15) is 24.5 Å². The Morgan fingerprint density at radius 3 is 2.29 bits per heavy atom. The summed E-state index contributed by atoms with van der Waals surface area (Å²) in [5.41, 5.74) is 1.73. The molecule has 1 atom stereocenters. The molecule has 0 saturated heterocycles. The van der Waals surface area contributed by atoms with Crippen molar-refractivity contribution in [1.82, 2.24) is 10.2 Å². The van der Waals surface area contributed by atoms with Crippen LogP contribution in [0, 0.1) is 5.82 Å². The summed E-state index contributed by atoms with van der Waals surface area (Å²) in [6, 6.07) is 22.5. The summed E-state index contributed by atoms with van der Waals surface area (Å²) < 4.78 is 13.5. The number of benzene rings is 3. The van der Waals surface area contributed by atoms with E-state index in [9.17, 15) is 14.0 Å². The number of carbonyl (C=O) groups is 2. The van der Waals surface area contributed by atoms with Crippen molar-refractivity contribution in [2.75, 3.05) is 12.3 Å². The Kier molecular flexibility index (Phi) is 9.98. The number of nitrogens with one attached hydrogen (secondary N) is 1. The highest BCUT2D eigenvalue weighted by Gasteiger charge is 2.29. The van der Waals surface area contributed by atoms with E-state index in [0.29, 0.717) is 23.7 Å². The van der Waals surface area contributed by atoms with Gasteiger partial charge in [-0.3, -0.25) is 9.59 Å². The monoisotopic (exact) mass is 498 g/mol. The smallest absolute Gasteiger partial charge is 0.243 e. The van der Waals surface area contributed by atoms with Gasteiger partial charge in [0.15, 0.2) is 0 Å². The van der Waals surface area contributed by atoms with Crippen molar-refractivity contribution in [2.45, 2.75) is 37.2 Å². The molecular formula is C27H28ClFN2O2S. The Hall–Kier alpha value is -2.83. The first-order valence-electron chi connectivity index (χ1n) is 11.2. The Bertz CT molecular complexity index is 1060. The molecule has 0 spiro atoms. The van der Waals surface area contributed by atoms with E-state index in [0.717, 1.165) is 16.0 Å². The Labute approximate surface area is 209 Å². The van der Waals surface area contributed by atoms with Gasteiger partial charge < -0.3 is 10.2 Å². The summed E-state index contributed by atoms with van der Waals surface area (Å²) >= 11 is 7.51. The summed E-state index contributed by atoms with van der Waals surface area (Å²) in [6.45, 7) is 2.54. The largest absolute Gasteiger partial charge is 0.355 e. The zero-order valence-electron chi connectivity index (χ0n) is 19.0. The molecule has 7 heteroatoms. The maximum atomic E-state index is 13.5. The van der Waals surface area contributed by atoms with Crippen molar-refractivity contribution in [3.8, 4) is 0 Å². The van der Waals surface area contributed by atoms with Crippen LogP contribution in [0.4, 0.5) is 4.39 Å². The molecule has 0 aliphatic carbocycles. The van der Waals surface area contributed by atoms with Crippen LogP contribution in [0.5, 0.6) is 0 Å². The second-order valence-electron chi connectivity index (χ2n) is 7.80. The van der Waals surface area contributed by atoms with Gasteiger partial charge in [-0.15, -0.1) is 11.8 Å². The van der Waals surface area contributed by atoms with Crippen molar-refractivity contribution in [2.24, 2.45) is 0 Å². The third kappa shape index (κ3) is 7.89. The number of thioether (sulfide) groups is 1. The molecule has 34 heavy (non-hydrogen) atoms. The molecule has 0 bridgehead atoms. The van der Waals surface area contributed by atoms with Gasteiger partial charge in [-0.05, 0) is 54.4 Å². The van der Waals surface area contributed by atoms with E-state index in [1.807, 2.05) is 61.5 Å². The van der Waals surface area contributed by atoms with E-state index < -0.39 is 6.04 Å². The lowest BCUT2D eigenvalue weighted by atomic mass is 10.0. The zero-order chi connectivity index (χ0) is 24.3. The lowest BCUT2D eigenvalue weighted by molar-refractivity contribution is -0.140. The van der Waals surface area contributed by atoms with Gasteiger partial charge in [-0.1, -0.05) is 54.1 Å². The number of hydrogen-bond acceptors (Lipinski definition) is 3. The first-order valence-corrected chi connectivity index (χ1v) is 12.6. The van der Waals surface area contributed by atoms with Gasteiger partial charge in [0.25, 0.3) is 0 Å². The van der Waals surface area contributed by atoms with E-state index in [4.69, 9.17) is 11.6 Å². The normalized spacial score (nSPS) is 11.6. The number of halogens is 2. The van der Waals surface area contributed by atoms with Gasteiger partial charge in [0, 0.05) is 41.6 Å². The fourth-order valence-corrected chi connectivity index (χ4v) is 4.53. The van der Waals surface area contributed by atoms with E-state index in [1.165, 1.54) is 12.1 Å². The van der Waals surface area contributed by atoms with Gasteiger partial charge in [0.2, 0.25) is 11.8 Å². The summed E-state index contributed by atoms with van der Waals surface area (Å²) in [5, 5.41) is 3.54. The van der Waals surface area contributed by atoms with E-state index in [1.54, 1.807) is 28.8 Å². The Morgan fingerprint density at radius 2 is 1.65 bits per heavy atom. The van der Waals surface area contributed by atoms with Crippen molar-refractivity contribution in [3.63, 3.8) is 0 Å². The van der Waals surface area contributed by atoms with Crippen molar-refractivity contribution >= 4 is 35.2 Å². The highest BCUT2D eigenvalue weighted by atomic mass is 35.5. The highest BCUT2D eigenvalue weighted by molar-refractivity contribution is 7.99. The molecule has 0 aliphatic rings. The third-order valence-electron chi connectivity index (χ3n) is 5.29. The molecule has 0 radical (unpaired) electrons.